The fraction of sp³-hybridized carbons (Fsp3) is 0.208. The molecule has 0 aliphatic rings. The van der Waals surface area contributed by atoms with E-state index in [4.69, 9.17) is 11.6 Å². The number of nitrogens with one attached hydrogen (secondary N) is 1. The third kappa shape index (κ3) is 5.90. The predicted molar refractivity (Wildman–Crippen MR) is 125 cm³/mol. The Kier molecular flexibility index (Phi) is 7.57. The van der Waals surface area contributed by atoms with E-state index in [0.29, 0.717) is 10.4 Å². The van der Waals surface area contributed by atoms with Crippen molar-refractivity contribution in [3.05, 3.63) is 94.5 Å². The number of alkyl halides is 3. The number of amides is 1. The fourth-order valence-electron chi connectivity index (χ4n) is 3.26. The van der Waals surface area contributed by atoms with Gasteiger partial charge in [0.15, 0.2) is 0 Å². The second kappa shape index (κ2) is 10.1. The van der Waals surface area contributed by atoms with E-state index >= 15 is 0 Å². The zero-order chi connectivity index (χ0) is 25.1. The van der Waals surface area contributed by atoms with E-state index in [2.05, 4.69) is 5.32 Å². The van der Waals surface area contributed by atoms with Gasteiger partial charge in [-0.25, -0.2) is 8.42 Å². The van der Waals surface area contributed by atoms with E-state index in [1.54, 1.807) is 13.0 Å². The first-order valence-corrected chi connectivity index (χ1v) is 12.0. The molecule has 34 heavy (non-hydrogen) atoms. The van der Waals surface area contributed by atoms with Crippen LogP contribution in [0, 0.1) is 6.92 Å². The van der Waals surface area contributed by atoms with Crippen LogP contribution in [-0.2, 0) is 21.0 Å². The largest absolute Gasteiger partial charge is 0.416 e. The lowest BCUT2D eigenvalue weighted by atomic mass is 10.1. The minimum absolute atomic E-state index is 0.192. The Bertz CT molecular complexity index is 1260. The summed E-state index contributed by atoms with van der Waals surface area (Å²) >= 11 is 6.13. The average molecular weight is 511 g/mol. The van der Waals surface area contributed by atoms with Gasteiger partial charge in [-0.05, 0) is 49.7 Å². The summed E-state index contributed by atoms with van der Waals surface area (Å²) in [5.41, 5.74) is 0.280. The van der Waals surface area contributed by atoms with Gasteiger partial charge in [-0.3, -0.25) is 9.10 Å². The lowest BCUT2D eigenvalue weighted by Gasteiger charge is -2.26. The van der Waals surface area contributed by atoms with Gasteiger partial charge < -0.3 is 5.32 Å². The highest BCUT2D eigenvalue weighted by molar-refractivity contribution is 7.92. The number of halogens is 4. The molecule has 0 saturated heterocycles. The minimum atomic E-state index is -4.73. The Labute approximate surface area is 201 Å². The normalized spacial score (nSPS) is 12.8. The molecule has 0 aromatic heterocycles. The fourth-order valence-corrected chi connectivity index (χ4v) is 4.98. The molecule has 3 aromatic carbocycles. The summed E-state index contributed by atoms with van der Waals surface area (Å²) in [7, 11) is -4.42. The summed E-state index contributed by atoms with van der Waals surface area (Å²) in [4.78, 5) is 12.7. The van der Waals surface area contributed by atoms with Crippen LogP contribution < -0.4 is 9.62 Å². The van der Waals surface area contributed by atoms with Crippen LogP contribution in [0.1, 0.15) is 29.7 Å². The van der Waals surface area contributed by atoms with Gasteiger partial charge in [0.2, 0.25) is 5.91 Å². The van der Waals surface area contributed by atoms with Crippen molar-refractivity contribution in [3.8, 4) is 0 Å². The molecule has 5 nitrogen and oxygen atoms in total. The van der Waals surface area contributed by atoms with E-state index in [-0.39, 0.29) is 9.92 Å². The van der Waals surface area contributed by atoms with E-state index in [1.165, 1.54) is 24.3 Å². The summed E-state index contributed by atoms with van der Waals surface area (Å²) < 4.78 is 67.4. The van der Waals surface area contributed by atoms with Crippen LogP contribution >= 0.6 is 11.6 Å². The number of nitrogens with zero attached hydrogens (tertiary/aromatic N) is 1. The van der Waals surface area contributed by atoms with Gasteiger partial charge in [0, 0.05) is 0 Å². The van der Waals surface area contributed by atoms with Crippen molar-refractivity contribution in [1.29, 1.82) is 0 Å². The molecule has 0 aliphatic carbocycles. The maximum Gasteiger partial charge on any atom is 0.416 e. The van der Waals surface area contributed by atoms with Crippen LogP contribution in [0.15, 0.2) is 77.7 Å². The van der Waals surface area contributed by atoms with Crippen molar-refractivity contribution >= 4 is 33.2 Å². The van der Waals surface area contributed by atoms with Crippen LogP contribution in [0.25, 0.3) is 0 Å². The quantitative estimate of drug-likeness (QED) is 0.441. The van der Waals surface area contributed by atoms with Crippen LogP contribution in [0.4, 0.5) is 18.9 Å². The molecule has 1 atom stereocenters. The lowest BCUT2D eigenvalue weighted by molar-refractivity contribution is -0.137. The second-order valence-corrected chi connectivity index (χ2v) is 9.96. The highest BCUT2D eigenvalue weighted by atomic mass is 35.5. The van der Waals surface area contributed by atoms with Gasteiger partial charge in [-0.2, -0.15) is 13.2 Å². The number of aryl methyl sites for hydroxylation is 1. The van der Waals surface area contributed by atoms with Gasteiger partial charge in [-0.15, -0.1) is 0 Å². The zero-order valence-corrected chi connectivity index (χ0v) is 19.9. The number of hydrogen-bond donors (Lipinski definition) is 1. The van der Waals surface area contributed by atoms with Gasteiger partial charge in [-0.1, -0.05) is 59.6 Å². The maximum atomic E-state index is 13.4. The molecule has 180 valence electrons. The van der Waals surface area contributed by atoms with Crippen LogP contribution in [0.5, 0.6) is 0 Å². The molecule has 3 rings (SSSR count). The van der Waals surface area contributed by atoms with Crippen LogP contribution in [0.2, 0.25) is 5.02 Å². The summed E-state index contributed by atoms with van der Waals surface area (Å²) in [5, 5.41) is 2.45. The molecule has 0 saturated carbocycles. The maximum absolute atomic E-state index is 13.4. The Morgan fingerprint density at radius 2 is 1.65 bits per heavy atom. The third-order valence-electron chi connectivity index (χ3n) is 5.12. The van der Waals surface area contributed by atoms with Crippen molar-refractivity contribution in [2.24, 2.45) is 0 Å². The molecular weight excluding hydrogens is 489 g/mol. The molecule has 10 heteroatoms. The minimum Gasteiger partial charge on any atom is -0.348 e. The van der Waals surface area contributed by atoms with Crippen molar-refractivity contribution in [2.75, 3.05) is 10.8 Å². The highest BCUT2D eigenvalue weighted by Gasteiger charge is 2.34. The van der Waals surface area contributed by atoms with Gasteiger partial charge in [0.25, 0.3) is 10.0 Å². The number of carbonyl (C=O) groups excluding carboxylic acids is 1. The summed E-state index contributed by atoms with van der Waals surface area (Å²) in [6, 6.07) is 16.4. The second-order valence-electron chi connectivity index (χ2n) is 7.69. The zero-order valence-electron chi connectivity index (χ0n) is 18.3. The topological polar surface area (TPSA) is 66.5 Å². The molecule has 0 fully saturated rings. The number of rotatable bonds is 7. The highest BCUT2D eigenvalue weighted by Crippen LogP contribution is 2.37. The summed E-state index contributed by atoms with van der Waals surface area (Å²) in [6.45, 7) is 2.86. The van der Waals surface area contributed by atoms with Gasteiger partial charge >= 0.3 is 6.18 Å². The third-order valence-corrected chi connectivity index (χ3v) is 7.21. The monoisotopic (exact) mass is 510 g/mol. The standard InChI is InChI=1S/C24H22ClF3N2O3S/c1-16-8-10-18(11-9-16)17(2)29-23(31)15-30(34(32,33)20-6-4-3-5-7-20)22-14-19(24(26,27)28)12-13-21(22)25/h3-14,17H,15H2,1-2H3,(H,29,31)/t17-/m0/s1. The van der Waals surface area contributed by atoms with Gasteiger partial charge in [0.1, 0.15) is 6.54 Å². The number of hydrogen-bond acceptors (Lipinski definition) is 3. The van der Waals surface area contributed by atoms with E-state index < -0.39 is 45.9 Å². The first-order valence-electron chi connectivity index (χ1n) is 10.2. The van der Waals surface area contributed by atoms with Crippen molar-refractivity contribution in [1.82, 2.24) is 5.32 Å². The Morgan fingerprint density at radius 3 is 2.24 bits per heavy atom. The van der Waals surface area contributed by atoms with Crippen LogP contribution in [0.3, 0.4) is 0 Å². The molecule has 0 unspecified atom stereocenters. The van der Waals surface area contributed by atoms with Crippen molar-refractivity contribution in [2.45, 2.75) is 31.0 Å². The summed E-state index contributed by atoms with van der Waals surface area (Å²) in [6.07, 6.45) is -4.73. The van der Waals surface area contributed by atoms with Crippen LogP contribution in [-0.4, -0.2) is 20.9 Å². The smallest absolute Gasteiger partial charge is 0.348 e. The number of benzene rings is 3. The number of carbonyl (C=O) groups is 1. The van der Waals surface area contributed by atoms with E-state index in [9.17, 15) is 26.4 Å². The first-order chi connectivity index (χ1) is 15.9. The van der Waals surface area contributed by atoms with Gasteiger partial charge in [0.05, 0.1) is 27.2 Å². The molecule has 0 bridgehead atoms. The molecule has 0 radical (unpaired) electrons. The molecule has 0 aliphatic heterocycles. The molecule has 1 amide bonds. The predicted octanol–water partition coefficient (Wildman–Crippen LogP) is 5.74. The van der Waals surface area contributed by atoms with E-state index in [1.807, 2.05) is 31.2 Å². The number of anilines is 1. The van der Waals surface area contributed by atoms with E-state index in [0.717, 1.165) is 23.3 Å². The molecular formula is C24H22ClF3N2O3S. The molecule has 1 N–H and O–H groups in total. The van der Waals surface area contributed by atoms with Crippen molar-refractivity contribution < 1.29 is 26.4 Å². The SMILES string of the molecule is Cc1ccc([C@H](C)NC(=O)CN(c2cc(C(F)(F)F)ccc2Cl)S(=O)(=O)c2ccccc2)cc1. The van der Waals surface area contributed by atoms with Crippen molar-refractivity contribution in [3.63, 3.8) is 0 Å². The Balaban J connectivity index is 1.99. The molecule has 0 spiro atoms. The number of sulfonamides is 1. The molecule has 3 aromatic rings. The summed E-state index contributed by atoms with van der Waals surface area (Å²) in [5.74, 6) is -0.707. The first kappa shape index (κ1) is 25.6. The average Bonchev–Trinajstić information content (AvgIpc) is 2.78. The Morgan fingerprint density at radius 1 is 1.03 bits per heavy atom. The molecule has 0 heterocycles. The Hall–Kier alpha value is -3.04. The lowest BCUT2D eigenvalue weighted by Crippen LogP contribution is -2.41.